The summed E-state index contributed by atoms with van der Waals surface area (Å²) in [5.74, 6) is -0.359. The normalized spacial score (nSPS) is 11.0. The van der Waals surface area contributed by atoms with Crippen molar-refractivity contribution in [2.45, 2.75) is 27.2 Å². The fourth-order valence-corrected chi connectivity index (χ4v) is 0.475. The van der Waals surface area contributed by atoms with Crippen molar-refractivity contribution in [3.8, 4) is 0 Å². The van der Waals surface area contributed by atoms with E-state index in [0.717, 1.165) is 0 Å². The predicted molar refractivity (Wildman–Crippen MR) is 35.9 cm³/mol. The molecule has 0 bridgehead atoms. The molecule has 2 radical (unpaired) electrons. The Hall–Kier alpha value is -0.465. The van der Waals surface area contributed by atoms with Gasteiger partial charge in [0.1, 0.15) is 0 Å². The van der Waals surface area contributed by atoms with Crippen molar-refractivity contribution < 1.29 is 9.45 Å². The van der Waals surface area contributed by atoms with Gasteiger partial charge in [0.05, 0.1) is 0 Å². The van der Waals surface area contributed by atoms with Crippen molar-refractivity contribution >= 4 is 14.0 Å². The molecule has 9 heavy (non-hydrogen) atoms. The smallest absolute Gasteiger partial charge is 0.378 e. The van der Waals surface area contributed by atoms with Crippen molar-refractivity contribution in [2.75, 3.05) is 0 Å². The van der Waals surface area contributed by atoms with Gasteiger partial charge in [0.2, 0.25) is 0 Å². The molecule has 0 aliphatic rings. The second-order valence-electron chi connectivity index (χ2n) is 3.23. The van der Waals surface area contributed by atoms with Crippen LogP contribution in [0.2, 0.25) is 0 Å². The summed E-state index contributed by atoms with van der Waals surface area (Å²) < 4.78 is 3.99. The molecular weight excluding hydrogens is 115 g/mol. The first kappa shape index (κ1) is 8.53. The zero-order chi connectivity index (χ0) is 7.49. The topological polar surface area (TPSA) is 26.3 Å². The molecule has 0 heterocycles. The Bertz CT molecular complexity index is 104. The Labute approximate surface area is 57.0 Å². The molecule has 0 saturated heterocycles. The van der Waals surface area contributed by atoms with E-state index in [1.807, 2.05) is 20.8 Å². The minimum Gasteiger partial charge on any atom is -0.543 e. The van der Waals surface area contributed by atoms with Crippen molar-refractivity contribution in [1.29, 1.82) is 0 Å². The van der Waals surface area contributed by atoms with Crippen LogP contribution in [0.4, 0.5) is 0 Å². The Balaban J connectivity index is 3.60. The molecule has 0 saturated carbocycles. The van der Waals surface area contributed by atoms with E-state index in [2.05, 4.69) is 12.7 Å². The van der Waals surface area contributed by atoms with E-state index < -0.39 is 0 Å². The summed E-state index contributed by atoms with van der Waals surface area (Å²) in [5, 5.41) is 0. The van der Waals surface area contributed by atoms with E-state index in [0.29, 0.717) is 6.42 Å². The van der Waals surface area contributed by atoms with Gasteiger partial charge in [-0.05, 0) is 5.41 Å². The highest BCUT2D eigenvalue weighted by atomic mass is 16.5. The van der Waals surface area contributed by atoms with Gasteiger partial charge in [-0.3, -0.25) is 4.79 Å². The van der Waals surface area contributed by atoms with Crippen LogP contribution >= 0.6 is 0 Å². The van der Waals surface area contributed by atoms with Crippen LogP contribution in [0.3, 0.4) is 0 Å². The minimum absolute atomic E-state index is 0.0313. The summed E-state index contributed by atoms with van der Waals surface area (Å²) in [6, 6.07) is 0. The van der Waals surface area contributed by atoms with Gasteiger partial charge in [-0.25, -0.2) is 0 Å². The highest BCUT2D eigenvalue weighted by Crippen LogP contribution is 2.18. The van der Waals surface area contributed by atoms with Gasteiger partial charge in [-0.1, -0.05) is 20.8 Å². The van der Waals surface area contributed by atoms with Gasteiger partial charge in [0.25, 0.3) is 5.97 Å². The molecule has 3 heteroatoms. The highest BCUT2D eigenvalue weighted by Gasteiger charge is 2.15. The maximum atomic E-state index is 10.5. The quantitative estimate of drug-likeness (QED) is 0.490. The third-order valence-electron chi connectivity index (χ3n) is 0.806. The highest BCUT2D eigenvalue weighted by molar-refractivity contribution is 6.05. The monoisotopic (exact) mass is 126 g/mol. The zero-order valence-electron chi connectivity index (χ0n) is 6.10. The first-order valence-electron chi connectivity index (χ1n) is 2.85. The Kier molecular flexibility index (Phi) is 2.75. The lowest BCUT2D eigenvalue weighted by Crippen LogP contribution is -2.14. The van der Waals surface area contributed by atoms with Crippen LogP contribution in [-0.4, -0.2) is 14.0 Å². The molecule has 50 valence electrons. The summed E-state index contributed by atoms with van der Waals surface area (Å²) in [6.45, 7) is 5.84. The number of hydrogen-bond acceptors (Lipinski definition) is 2. The minimum atomic E-state index is -0.359. The van der Waals surface area contributed by atoms with Gasteiger partial charge >= 0.3 is 8.05 Å². The second-order valence-corrected chi connectivity index (χ2v) is 3.23. The van der Waals surface area contributed by atoms with Crippen LogP contribution in [0, 0.1) is 5.41 Å². The van der Waals surface area contributed by atoms with E-state index >= 15 is 0 Å². The molecule has 0 aliphatic heterocycles. The lowest BCUT2D eigenvalue weighted by atomic mass is 9.92. The third kappa shape index (κ3) is 5.41. The number of carbonyl (C=O) groups is 1. The second kappa shape index (κ2) is 2.90. The van der Waals surface area contributed by atoms with Crippen LogP contribution in [0.15, 0.2) is 0 Å². The molecule has 0 aromatic carbocycles. The molecule has 0 spiro atoms. The lowest BCUT2D eigenvalue weighted by Gasteiger charge is -2.15. The molecule has 0 unspecified atom stereocenters. The number of carbonyl (C=O) groups excluding carboxylic acids is 1. The largest absolute Gasteiger partial charge is 0.543 e. The van der Waals surface area contributed by atoms with Gasteiger partial charge in [-0.2, -0.15) is 0 Å². The van der Waals surface area contributed by atoms with Gasteiger partial charge in [0.15, 0.2) is 0 Å². The lowest BCUT2D eigenvalue weighted by molar-refractivity contribution is -0.135. The van der Waals surface area contributed by atoms with Crippen molar-refractivity contribution in [3.05, 3.63) is 0 Å². The summed E-state index contributed by atoms with van der Waals surface area (Å²) in [5.41, 5.74) is -0.0313. The molecule has 0 fully saturated rings. The van der Waals surface area contributed by atoms with Crippen molar-refractivity contribution in [3.63, 3.8) is 0 Å². The van der Waals surface area contributed by atoms with E-state index in [1.54, 1.807) is 0 Å². The average Bonchev–Trinajstić information content (AvgIpc) is 1.62. The van der Waals surface area contributed by atoms with E-state index in [1.165, 1.54) is 0 Å². The Morgan fingerprint density at radius 2 is 2.00 bits per heavy atom. The van der Waals surface area contributed by atoms with E-state index in [4.69, 9.17) is 0 Å². The summed E-state index contributed by atoms with van der Waals surface area (Å²) in [6.07, 6.45) is 0.365. The zero-order valence-corrected chi connectivity index (χ0v) is 6.10. The Morgan fingerprint density at radius 1 is 1.56 bits per heavy atom. The van der Waals surface area contributed by atoms with Crippen LogP contribution in [0.5, 0.6) is 0 Å². The van der Waals surface area contributed by atoms with E-state index in [-0.39, 0.29) is 11.4 Å². The van der Waals surface area contributed by atoms with E-state index in [9.17, 15) is 4.79 Å². The maximum absolute atomic E-state index is 10.5. The maximum Gasteiger partial charge on any atom is 0.378 e. The van der Waals surface area contributed by atoms with Crippen LogP contribution < -0.4 is 0 Å². The molecular formula is C6H11BO2. The first-order chi connectivity index (χ1) is 3.95. The predicted octanol–water partition coefficient (Wildman–Crippen LogP) is 1.05. The molecule has 2 nitrogen and oxygen atoms in total. The number of hydrogen-bond donors (Lipinski definition) is 0. The molecule has 0 N–H and O–H groups in total. The fraction of sp³-hybridized carbons (Fsp3) is 0.833. The van der Waals surface area contributed by atoms with Crippen molar-refractivity contribution in [1.82, 2.24) is 0 Å². The third-order valence-corrected chi connectivity index (χ3v) is 0.806. The molecule has 0 amide bonds. The first-order valence-corrected chi connectivity index (χ1v) is 2.85. The van der Waals surface area contributed by atoms with Gasteiger partial charge in [0, 0.05) is 6.42 Å². The number of rotatable bonds is 1. The molecule has 0 rings (SSSR count). The van der Waals surface area contributed by atoms with Gasteiger partial charge < -0.3 is 4.65 Å². The summed E-state index contributed by atoms with van der Waals surface area (Å²) >= 11 is 0. The van der Waals surface area contributed by atoms with Crippen LogP contribution in [0.25, 0.3) is 0 Å². The SMILES string of the molecule is [B]OC(=O)CC(C)(C)C. The average molecular weight is 126 g/mol. The van der Waals surface area contributed by atoms with Gasteiger partial charge in [-0.15, -0.1) is 0 Å². The molecule has 0 aromatic heterocycles. The standard InChI is InChI=1S/C6H11BO2/c1-6(2,3)4-5(8)9-7/h4H2,1-3H3. The van der Waals surface area contributed by atoms with Crippen LogP contribution in [-0.2, 0) is 9.45 Å². The fourth-order valence-electron chi connectivity index (χ4n) is 0.475. The Morgan fingerprint density at radius 3 is 2.11 bits per heavy atom. The molecule has 0 atom stereocenters. The molecule has 0 aromatic rings. The van der Waals surface area contributed by atoms with Crippen LogP contribution in [0.1, 0.15) is 27.2 Å². The molecule has 0 aliphatic carbocycles. The summed E-state index contributed by atoms with van der Waals surface area (Å²) in [4.78, 5) is 10.5. The summed E-state index contributed by atoms with van der Waals surface area (Å²) in [7, 11) is 4.63. The van der Waals surface area contributed by atoms with Crippen molar-refractivity contribution in [2.24, 2.45) is 5.41 Å².